The van der Waals surface area contributed by atoms with E-state index in [1.165, 1.54) is 0 Å². The molecular weight excluding hydrogens is 296 g/mol. The summed E-state index contributed by atoms with van der Waals surface area (Å²) in [6, 6.07) is 0. The van der Waals surface area contributed by atoms with Crippen molar-refractivity contribution in [2.45, 2.75) is 33.6 Å². The fraction of sp³-hybridized carbons (Fsp3) is 0.714. The van der Waals surface area contributed by atoms with Crippen molar-refractivity contribution in [3.05, 3.63) is 11.6 Å². The molecule has 1 aliphatic rings. The van der Waals surface area contributed by atoms with Gasteiger partial charge in [-0.05, 0) is 33.6 Å². The Kier molecular flexibility index (Phi) is 5.55. The molecule has 0 amide bonds. The Morgan fingerprint density at radius 2 is 2.00 bits per heavy atom. The van der Waals surface area contributed by atoms with E-state index in [-0.39, 0.29) is 31.0 Å². The van der Waals surface area contributed by atoms with Crippen LogP contribution in [0.25, 0.3) is 0 Å². The van der Waals surface area contributed by atoms with Gasteiger partial charge >= 0.3 is 11.9 Å². The molecule has 21 heavy (non-hydrogen) atoms. The number of allylic oxidation sites excluding steroid dienone is 2. The smallest absolute Gasteiger partial charge is 0.324 e. The van der Waals surface area contributed by atoms with E-state index in [1.807, 2.05) is 0 Å². The molecule has 0 saturated carbocycles. The lowest BCUT2D eigenvalue weighted by atomic mass is 9.72. The van der Waals surface area contributed by atoms with Crippen molar-refractivity contribution < 1.29 is 27.9 Å². The zero-order chi connectivity index (χ0) is 16.3. The molecule has 6 nitrogen and oxygen atoms in total. The van der Waals surface area contributed by atoms with Crippen LogP contribution in [0.3, 0.4) is 0 Å². The first-order valence-electron chi connectivity index (χ1n) is 6.90. The van der Waals surface area contributed by atoms with Crippen LogP contribution in [0.4, 0.5) is 0 Å². The Morgan fingerprint density at radius 3 is 2.38 bits per heavy atom. The molecule has 0 aromatic heterocycles. The second-order valence-electron chi connectivity index (χ2n) is 5.58. The minimum absolute atomic E-state index is 0.0519. The summed E-state index contributed by atoms with van der Waals surface area (Å²) >= 11 is 0. The molecule has 1 rings (SSSR count). The molecule has 1 aliphatic heterocycles. The number of ether oxygens (including phenoxy) is 1. The maximum Gasteiger partial charge on any atom is 0.324 e. The lowest BCUT2D eigenvalue weighted by molar-refractivity contribution is -0.172. The fourth-order valence-corrected chi connectivity index (χ4v) is 4.45. The van der Waals surface area contributed by atoms with Crippen LogP contribution in [-0.2, 0) is 24.2 Å². The van der Waals surface area contributed by atoms with Crippen LogP contribution in [0.15, 0.2) is 11.6 Å². The quantitative estimate of drug-likeness (QED) is 0.452. The van der Waals surface area contributed by atoms with Gasteiger partial charge in [0.15, 0.2) is 15.3 Å². The number of hydrogen-bond donors (Lipinski definition) is 1. The van der Waals surface area contributed by atoms with E-state index in [0.29, 0.717) is 0 Å². The van der Waals surface area contributed by atoms with Gasteiger partial charge in [-0.2, -0.15) is 0 Å². The Balaban J connectivity index is 3.27. The topological polar surface area (TPSA) is 97.7 Å². The summed E-state index contributed by atoms with van der Waals surface area (Å²) in [5.41, 5.74) is -0.956. The minimum atomic E-state index is -3.29. The Hall–Kier alpha value is -1.37. The highest BCUT2D eigenvalue weighted by Crippen LogP contribution is 2.41. The Morgan fingerprint density at radius 1 is 1.38 bits per heavy atom. The van der Waals surface area contributed by atoms with Gasteiger partial charge in [-0.15, -0.1) is 0 Å². The number of carbonyl (C=O) groups excluding carboxylic acids is 1. The van der Waals surface area contributed by atoms with Gasteiger partial charge in [0.25, 0.3) is 0 Å². The number of carbonyl (C=O) groups is 2. The van der Waals surface area contributed by atoms with Crippen molar-refractivity contribution in [2.75, 3.05) is 18.1 Å². The number of aliphatic carboxylic acids is 1. The van der Waals surface area contributed by atoms with E-state index in [4.69, 9.17) is 4.74 Å². The zero-order valence-corrected chi connectivity index (χ0v) is 13.4. The summed E-state index contributed by atoms with van der Waals surface area (Å²) in [5.74, 6) is -3.29. The number of sulfone groups is 1. The first-order chi connectivity index (χ1) is 9.65. The highest BCUT2D eigenvalue weighted by Gasteiger charge is 2.56. The van der Waals surface area contributed by atoms with E-state index >= 15 is 0 Å². The van der Waals surface area contributed by atoms with Crippen molar-refractivity contribution in [2.24, 2.45) is 11.3 Å². The lowest BCUT2D eigenvalue weighted by Gasteiger charge is -2.31. The lowest BCUT2D eigenvalue weighted by Crippen LogP contribution is -2.47. The molecule has 7 heteroatoms. The SMILES string of the molecule is CCOC(=O)C(CC=C(C)C)(C(=O)O)C1CCS(=O)(=O)C1. The van der Waals surface area contributed by atoms with Gasteiger partial charge in [-0.3, -0.25) is 9.59 Å². The van der Waals surface area contributed by atoms with Crippen LogP contribution in [0.5, 0.6) is 0 Å². The van der Waals surface area contributed by atoms with Gasteiger partial charge in [0.1, 0.15) is 0 Å². The third-order valence-electron chi connectivity index (χ3n) is 3.78. The molecule has 1 heterocycles. The van der Waals surface area contributed by atoms with Crippen molar-refractivity contribution in [3.8, 4) is 0 Å². The monoisotopic (exact) mass is 318 g/mol. The largest absolute Gasteiger partial charge is 0.480 e. The summed E-state index contributed by atoms with van der Waals surface area (Å²) in [5, 5.41) is 9.64. The molecule has 2 unspecified atom stereocenters. The Bertz CT molecular complexity index is 544. The summed E-state index contributed by atoms with van der Waals surface area (Å²) < 4.78 is 28.3. The minimum Gasteiger partial charge on any atom is -0.480 e. The summed E-state index contributed by atoms with van der Waals surface area (Å²) in [6.07, 6.45) is 1.77. The molecule has 1 N–H and O–H groups in total. The first-order valence-corrected chi connectivity index (χ1v) is 8.72. The van der Waals surface area contributed by atoms with Crippen LogP contribution >= 0.6 is 0 Å². The number of esters is 1. The number of hydrogen-bond acceptors (Lipinski definition) is 5. The third kappa shape index (κ3) is 3.84. The molecular formula is C14H22O6S. The summed E-state index contributed by atoms with van der Waals surface area (Å²) in [7, 11) is -3.29. The molecule has 0 spiro atoms. The number of carboxylic acid groups (broad SMARTS) is 1. The maximum absolute atomic E-state index is 12.3. The van der Waals surface area contributed by atoms with Crippen LogP contribution in [0.2, 0.25) is 0 Å². The van der Waals surface area contributed by atoms with E-state index in [2.05, 4.69) is 0 Å². The van der Waals surface area contributed by atoms with Crippen LogP contribution in [0.1, 0.15) is 33.6 Å². The van der Waals surface area contributed by atoms with E-state index in [1.54, 1.807) is 26.8 Å². The predicted molar refractivity (Wildman–Crippen MR) is 77.5 cm³/mol. The van der Waals surface area contributed by atoms with Gasteiger partial charge in [-0.1, -0.05) is 11.6 Å². The molecule has 2 atom stereocenters. The van der Waals surface area contributed by atoms with Gasteiger partial charge in [-0.25, -0.2) is 8.42 Å². The average Bonchev–Trinajstić information content (AvgIpc) is 2.70. The summed E-state index contributed by atoms with van der Waals surface area (Å²) in [4.78, 5) is 24.1. The van der Waals surface area contributed by atoms with Crippen molar-refractivity contribution in [3.63, 3.8) is 0 Å². The molecule has 1 fully saturated rings. The second kappa shape index (κ2) is 6.60. The second-order valence-corrected chi connectivity index (χ2v) is 7.81. The van der Waals surface area contributed by atoms with Crippen molar-refractivity contribution in [1.29, 1.82) is 0 Å². The van der Waals surface area contributed by atoms with Gasteiger partial charge in [0, 0.05) is 5.92 Å². The van der Waals surface area contributed by atoms with Crippen LogP contribution in [0, 0.1) is 11.3 Å². The molecule has 0 radical (unpaired) electrons. The van der Waals surface area contributed by atoms with Crippen LogP contribution in [-0.4, -0.2) is 43.6 Å². The molecule has 0 bridgehead atoms. The van der Waals surface area contributed by atoms with E-state index in [9.17, 15) is 23.1 Å². The van der Waals surface area contributed by atoms with E-state index in [0.717, 1.165) is 5.57 Å². The summed E-state index contributed by atoms with van der Waals surface area (Å²) in [6.45, 7) is 5.24. The molecule has 0 aliphatic carbocycles. The predicted octanol–water partition coefficient (Wildman–Crippen LogP) is 1.41. The Labute approximate surface area is 125 Å². The van der Waals surface area contributed by atoms with Gasteiger partial charge in [0.2, 0.25) is 0 Å². The van der Waals surface area contributed by atoms with Gasteiger partial charge < -0.3 is 9.84 Å². The standard InChI is InChI=1S/C14H22O6S/c1-4-20-13(17)14(12(15)16,7-5-10(2)3)11-6-8-21(18,19)9-11/h5,11H,4,6-9H2,1-3H3,(H,15,16). The average molecular weight is 318 g/mol. The number of rotatable bonds is 6. The third-order valence-corrected chi connectivity index (χ3v) is 5.55. The first kappa shape index (κ1) is 17.7. The molecule has 120 valence electrons. The van der Waals surface area contributed by atoms with Crippen molar-refractivity contribution >= 4 is 21.8 Å². The molecule has 1 saturated heterocycles. The fourth-order valence-electron chi connectivity index (χ4n) is 2.57. The highest BCUT2D eigenvalue weighted by atomic mass is 32.2. The zero-order valence-electron chi connectivity index (χ0n) is 12.6. The highest BCUT2D eigenvalue weighted by molar-refractivity contribution is 7.91. The van der Waals surface area contributed by atoms with Crippen molar-refractivity contribution in [1.82, 2.24) is 0 Å². The van der Waals surface area contributed by atoms with Crippen LogP contribution < -0.4 is 0 Å². The molecule has 0 aromatic carbocycles. The number of carboxylic acids is 1. The van der Waals surface area contributed by atoms with E-state index < -0.39 is 33.1 Å². The molecule has 0 aromatic rings. The van der Waals surface area contributed by atoms with Gasteiger partial charge in [0.05, 0.1) is 18.1 Å². The maximum atomic E-state index is 12.3. The normalized spacial score (nSPS) is 23.1.